The second-order valence-electron chi connectivity index (χ2n) is 6.20. The van der Waals surface area contributed by atoms with E-state index in [0.29, 0.717) is 29.7 Å². The zero-order valence-corrected chi connectivity index (χ0v) is 16.3. The molecular weight excluding hydrogens is 375 g/mol. The van der Waals surface area contributed by atoms with Gasteiger partial charge in [0.1, 0.15) is 11.5 Å². The molecular formula is C21H21FN4O3. The highest BCUT2D eigenvalue weighted by atomic mass is 19.1. The van der Waals surface area contributed by atoms with Crippen LogP contribution >= 0.6 is 0 Å². The van der Waals surface area contributed by atoms with Gasteiger partial charge in [0.05, 0.1) is 19.9 Å². The summed E-state index contributed by atoms with van der Waals surface area (Å²) in [6.45, 7) is 2.17. The van der Waals surface area contributed by atoms with Crippen molar-refractivity contribution in [2.75, 3.05) is 24.9 Å². The van der Waals surface area contributed by atoms with Gasteiger partial charge in [0.15, 0.2) is 11.5 Å². The predicted octanol–water partition coefficient (Wildman–Crippen LogP) is 3.81. The standard InChI is InChI=1S/C21H21FN4O3/c1-13-10-17(20(27)25-16-7-5-4-6-15(16)22)26-21(24-13)23-12-14-8-9-18(28-2)19(11-14)29-3/h4-11H,12H2,1-3H3,(H,25,27)(H,23,24,26). The third-order valence-electron chi connectivity index (χ3n) is 4.11. The summed E-state index contributed by atoms with van der Waals surface area (Å²) < 4.78 is 24.3. The van der Waals surface area contributed by atoms with Crippen molar-refractivity contribution in [3.63, 3.8) is 0 Å². The van der Waals surface area contributed by atoms with Gasteiger partial charge in [-0.25, -0.2) is 14.4 Å². The Balaban J connectivity index is 1.74. The van der Waals surface area contributed by atoms with Gasteiger partial charge in [0, 0.05) is 12.2 Å². The van der Waals surface area contributed by atoms with E-state index >= 15 is 0 Å². The molecule has 29 heavy (non-hydrogen) atoms. The molecule has 0 bridgehead atoms. The molecule has 2 aromatic carbocycles. The molecule has 1 amide bonds. The van der Waals surface area contributed by atoms with E-state index in [1.807, 2.05) is 12.1 Å². The number of aryl methyl sites for hydroxylation is 1. The Labute approximate surface area is 167 Å². The quantitative estimate of drug-likeness (QED) is 0.632. The fraction of sp³-hybridized carbons (Fsp3) is 0.190. The average molecular weight is 396 g/mol. The van der Waals surface area contributed by atoms with Gasteiger partial charge in [-0.3, -0.25) is 4.79 Å². The van der Waals surface area contributed by atoms with Gasteiger partial charge in [-0.05, 0) is 42.8 Å². The van der Waals surface area contributed by atoms with Crippen molar-refractivity contribution in [3.05, 3.63) is 71.3 Å². The number of aromatic nitrogens is 2. The lowest BCUT2D eigenvalue weighted by Crippen LogP contribution is -2.16. The topological polar surface area (TPSA) is 85.4 Å². The smallest absolute Gasteiger partial charge is 0.274 e. The number of para-hydroxylation sites is 1. The minimum Gasteiger partial charge on any atom is -0.493 e. The molecule has 0 aliphatic carbocycles. The Morgan fingerprint density at radius 2 is 1.79 bits per heavy atom. The fourth-order valence-electron chi connectivity index (χ4n) is 2.68. The number of hydrogen-bond donors (Lipinski definition) is 2. The average Bonchev–Trinajstić information content (AvgIpc) is 2.73. The van der Waals surface area contributed by atoms with Crippen LogP contribution in [-0.2, 0) is 6.54 Å². The lowest BCUT2D eigenvalue weighted by atomic mass is 10.2. The minimum absolute atomic E-state index is 0.0913. The number of carbonyl (C=O) groups is 1. The van der Waals surface area contributed by atoms with E-state index in [4.69, 9.17) is 9.47 Å². The number of benzene rings is 2. The first-order valence-corrected chi connectivity index (χ1v) is 8.86. The number of carbonyl (C=O) groups excluding carboxylic acids is 1. The van der Waals surface area contributed by atoms with E-state index in [0.717, 1.165) is 5.56 Å². The molecule has 0 saturated carbocycles. The Morgan fingerprint density at radius 3 is 2.52 bits per heavy atom. The summed E-state index contributed by atoms with van der Waals surface area (Å²) >= 11 is 0. The maximum absolute atomic E-state index is 13.8. The van der Waals surface area contributed by atoms with Crippen LogP contribution in [-0.4, -0.2) is 30.1 Å². The van der Waals surface area contributed by atoms with Gasteiger partial charge < -0.3 is 20.1 Å². The summed E-state index contributed by atoms with van der Waals surface area (Å²) in [5.41, 5.74) is 1.75. The maximum atomic E-state index is 13.8. The number of hydrogen-bond acceptors (Lipinski definition) is 6. The Bertz CT molecular complexity index is 1030. The Kier molecular flexibility index (Phi) is 6.23. The third kappa shape index (κ3) is 4.98. The van der Waals surface area contributed by atoms with Crippen LogP contribution in [0.3, 0.4) is 0 Å². The number of halogens is 1. The van der Waals surface area contributed by atoms with Gasteiger partial charge in [-0.15, -0.1) is 0 Å². The summed E-state index contributed by atoms with van der Waals surface area (Å²) in [7, 11) is 3.14. The molecule has 0 aliphatic rings. The van der Waals surface area contributed by atoms with Crippen molar-refractivity contribution in [1.29, 1.82) is 0 Å². The number of nitrogens with one attached hydrogen (secondary N) is 2. The maximum Gasteiger partial charge on any atom is 0.274 e. The van der Waals surface area contributed by atoms with Crippen molar-refractivity contribution < 1.29 is 18.7 Å². The van der Waals surface area contributed by atoms with Crippen LogP contribution in [0, 0.1) is 12.7 Å². The second-order valence-corrected chi connectivity index (χ2v) is 6.20. The van der Waals surface area contributed by atoms with Crippen LogP contribution < -0.4 is 20.1 Å². The number of amides is 1. The monoisotopic (exact) mass is 396 g/mol. The third-order valence-corrected chi connectivity index (χ3v) is 4.11. The molecule has 0 atom stereocenters. The summed E-state index contributed by atoms with van der Waals surface area (Å²) in [6.07, 6.45) is 0. The molecule has 0 spiro atoms. The lowest BCUT2D eigenvalue weighted by molar-refractivity contribution is 0.102. The van der Waals surface area contributed by atoms with Crippen LogP contribution in [0.2, 0.25) is 0 Å². The largest absolute Gasteiger partial charge is 0.493 e. The van der Waals surface area contributed by atoms with Crippen molar-refractivity contribution in [2.24, 2.45) is 0 Å². The van der Waals surface area contributed by atoms with Gasteiger partial charge in [-0.1, -0.05) is 18.2 Å². The first kappa shape index (κ1) is 20.1. The second kappa shape index (κ2) is 9.01. The molecule has 8 heteroatoms. The van der Waals surface area contributed by atoms with Crippen LogP contribution in [0.5, 0.6) is 11.5 Å². The predicted molar refractivity (Wildman–Crippen MR) is 108 cm³/mol. The molecule has 3 aromatic rings. The van der Waals surface area contributed by atoms with E-state index in [-0.39, 0.29) is 11.4 Å². The molecule has 2 N–H and O–H groups in total. The lowest BCUT2D eigenvalue weighted by Gasteiger charge is -2.11. The highest BCUT2D eigenvalue weighted by Gasteiger charge is 2.13. The minimum atomic E-state index is -0.519. The van der Waals surface area contributed by atoms with Crippen molar-refractivity contribution in [2.45, 2.75) is 13.5 Å². The van der Waals surface area contributed by atoms with Crippen molar-refractivity contribution >= 4 is 17.5 Å². The van der Waals surface area contributed by atoms with Gasteiger partial charge in [0.2, 0.25) is 5.95 Å². The van der Waals surface area contributed by atoms with Gasteiger partial charge in [0.25, 0.3) is 5.91 Å². The van der Waals surface area contributed by atoms with Crippen LogP contribution in [0.1, 0.15) is 21.7 Å². The molecule has 1 aromatic heterocycles. The van der Waals surface area contributed by atoms with Gasteiger partial charge >= 0.3 is 0 Å². The Morgan fingerprint density at radius 1 is 1.03 bits per heavy atom. The van der Waals surface area contributed by atoms with E-state index < -0.39 is 11.7 Å². The molecule has 0 saturated heterocycles. The highest BCUT2D eigenvalue weighted by molar-refractivity contribution is 6.03. The number of rotatable bonds is 7. The molecule has 0 radical (unpaired) electrons. The molecule has 0 unspecified atom stereocenters. The van der Waals surface area contributed by atoms with E-state index in [1.54, 1.807) is 39.3 Å². The fourth-order valence-corrected chi connectivity index (χ4v) is 2.68. The number of anilines is 2. The molecule has 1 heterocycles. The van der Waals surface area contributed by atoms with Crippen LogP contribution in [0.4, 0.5) is 16.0 Å². The van der Waals surface area contributed by atoms with E-state index in [9.17, 15) is 9.18 Å². The summed E-state index contributed by atoms with van der Waals surface area (Å²) in [5.74, 6) is 0.503. The zero-order valence-electron chi connectivity index (χ0n) is 16.3. The van der Waals surface area contributed by atoms with E-state index in [2.05, 4.69) is 20.6 Å². The normalized spacial score (nSPS) is 10.3. The summed E-state index contributed by atoms with van der Waals surface area (Å²) in [4.78, 5) is 21.0. The zero-order chi connectivity index (χ0) is 20.8. The first-order valence-electron chi connectivity index (χ1n) is 8.86. The van der Waals surface area contributed by atoms with Gasteiger partial charge in [-0.2, -0.15) is 0 Å². The van der Waals surface area contributed by atoms with Crippen molar-refractivity contribution in [1.82, 2.24) is 9.97 Å². The molecule has 0 fully saturated rings. The molecule has 0 aliphatic heterocycles. The number of ether oxygens (including phenoxy) is 2. The van der Waals surface area contributed by atoms with Crippen LogP contribution in [0.25, 0.3) is 0 Å². The summed E-state index contributed by atoms with van der Waals surface area (Å²) in [6, 6.07) is 13.0. The summed E-state index contributed by atoms with van der Waals surface area (Å²) in [5, 5.41) is 5.61. The van der Waals surface area contributed by atoms with Crippen LogP contribution in [0.15, 0.2) is 48.5 Å². The number of nitrogens with zero attached hydrogens (tertiary/aromatic N) is 2. The number of methoxy groups -OCH3 is 2. The highest BCUT2D eigenvalue weighted by Crippen LogP contribution is 2.27. The molecule has 150 valence electrons. The van der Waals surface area contributed by atoms with E-state index in [1.165, 1.54) is 18.2 Å². The SMILES string of the molecule is COc1ccc(CNc2nc(C)cc(C(=O)Nc3ccccc3F)n2)cc1OC. The first-order chi connectivity index (χ1) is 14.0. The van der Waals surface area contributed by atoms with Crippen molar-refractivity contribution in [3.8, 4) is 11.5 Å². The molecule has 7 nitrogen and oxygen atoms in total. The Hall–Kier alpha value is -3.68. The molecule has 3 rings (SSSR count).